The molecular formula is C22H25N3O2. The van der Waals surface area contributed by atoms with Crippen LogP contribution >= 0.6 is 0 Å². The van der Waals surface area contributed by atoms with E-state index in [9.17, 15) is 9.59 Å². The van der Waals surface area contributed by atoms with Crippen LogP contribution in [0.15, 0.2) is 59.6 Å². The number of Topliss-reactive ketones (excluding diaryl/α,β-unsaturated/α-hetero) is 1. The van der Waals surface area contributed by atoms with Gasteiger partial charge in [-0.1, -0.05) is 23.8 Å². The maximum absolute atomic E-state index is 13.2. The summed E-state index contributed by atoms with van der Waals surface area (Å²) < 4.78 is 0. The number of aryl methyl sites for hydroxylation is 1. The van der Waals surface area contributed by atoms with E-state index in [1.54, 1.807) is 0 Å². The number of hydrogen-bond donors (Lipinski definition) is 1. The highest BCUT2D eigenvalue weighted by atomic mass is 16.2. The van der Waals surface area contributed by atoms with Gasteiger partial charge in [-0.15, -0.1) is 0 Å². The Kier molecular flexibility index (Phi) is 4.60. The Morgan fingerprint density at radius 3 is 2.63 bits per heavy atom. The topological polar surface area (TPSA) is 52.7 Å². The van der Waals surface area contributed by atoms with Crippen LogP contribution in [0, 0.1) is 6.92 Å². The van der Waals surface area contributed by atoms with Crippen LogP contribution < -0.4 is 5.32 Å². The Hall–Kier alpha value is -2.82. The van der Waals surface area contributed by atoms with Gasteiger partial charge in [-0.05, 0) is 51.3 Å². The Labute approximate surface area is 160 Å². The number of fused-ring (bicyclic) bond motifs is 1. The van der Waals surface area contributed by atoms with E-state index in [2.05, 4.69) is 5.32 Å². The third kappa shape index (κ3) is 3.29. The molecule has 1 aromatic rings. The number of carbonyl (C=O) groups excluding carboxylic acids is 2. The molecule has 1 fully saturated rings. The summed E-state index contributed by atoms with van der Waals surface area (Å²) in [5, 5.41) is 3.34. The van der Waals surface area contributed by atoms with Crippen LogP contribution in [-0.2, 0) is 4.79 Å². The Bertz CT molecular complexity index is 875. The maximum atomic E-state index is 13.2. The Morgan fingerprint density at radius 2 is 1.89 bits per heavy atom. The smallest absolute Gasteiger partial charge is 0.255 e. The third-order valence-electron chi connectivity index (χ3n) is 5.40. The van der Waals surface area contributed by atoms with Crippen molar-refractivity contribution in [3.63, 3.8) is 0 Å². The number of carbonyl (C=O) groups is 2. The number of piperidine rings is 1. The van der Waals surface area contributed by atoms with Crippen molar-refractivity contribution in [2.24, 2.45) is 0 Å². The first kappa shape index (κ1) is 17.6. The average molecular weight is 363 g/mol. The molecule has 1 N–H and O–H groups in total. The molecular weight excluding hydrogens is 338 g/mol. The van der Waals surface area contributed by atoms with Crippen molar-refractivity contribution in [3.8, 4) is 0 Å². The van der Waals surface area contributed by atoms with E-state index < -0.39 is 0 Å². The first-order valence-electron chi connectivity index (χ1n) is 9.61. The van der Waals surface area contributed by atoms with Gasteiger partial charge in [-0.25, -0.2) is 0 Å². The highest BCUT2D eigenvalue weighted by Crippen LogP contribution is 2.29. The Morgan fingerprint density at radius 1 is 1.11 bits per heavy atom. The van der Waals surface area contributed by atoms with Gasteiger partial charge in [0, 0.05) is 30.5 Å². The maximum Gasteiger partial charge on any atom is 0.255 e. The summed E-state index contributed by atoms with van der Waals surface area (Å²) >= 11 is 0. The van der Waals surface area contributed by atoms with Crippen molar-refractivity contribution in [1.82, 2.24) is 15.1 Å². The predicted molar refractivity (Wildman–Crippen MR) is 105 cm³/mol. The molecule has 140 valence electrons. The molecule has 1 amide bonds. The fraction of sp³-hybridized carbons (Fsp3) is 0.364. The van der Waals surface area contributed by atoms with Crippen molar-refractivity contribution < 1.29 is 9.59 Å². The van der Waals surface area contributed by atoms with Gasteiger partial charge in [0.15, 0.2) is 0 Å². The lowest BCUT2D eigenvalue weighted by atomic mass is 10.0. The molecule has 3 aliphatic heterocycles. The first-order valence-corrected chi connectivity index (χ1v) is 9.61. The van der Waals surface area contributed by atoms with Crippen LogP contribution in [-0.4, -0.2) is 40.7 Å². The second kappa shape index (κ2) is 7.06. The largest absolute Gasteiger partial charge is 0.363 e. The van der Waals surface area contributed by atoms with Crippen molar-refractivity contribution in [1.29, 1.82) is 0 Å². The minimum atomic E-state index is -0.119. The number of nitrogens with zero attached hydrogens (tertiary/aromatic N) is 2. The second-order valence-electron chi connectivity index (χ2n) is 7.47. The number of likely N-dealkylation sites (tertiary alicyclic amines) is 1. The number of hydrogen-bond acceptors (Lipinski definition) is 4. The molecule has 0 spiro atoms. The number of nitrogens with one attached hydrogen (secondary N) is 1. The van der Waals surface area contributed by atoms with Crippen LogP contribution in [0.2, 0.25) is 0 Å². The van der Waals surface area contributed by atoms with Crippen LogP contribution in [0.25, 0.3) is 0 Å². The predicted octanol–water partition coefficient (Wildman–Crippen LogP) is 3.11. The van der Waals surface area contributed by atoms with Gasteiger partial charge in [0.1, 0.15) is 11.9 Å². The molecule has 5 nitrogen and oxygen atoms in total. The summed E-state index contributed by atoms with van der Waals surface area (Å²) in [6.07, 6.45) is 8.85. The van der Waals surface area contributed by atoms with Gasteiger partial charge in [0.25, 0.3) is 5.91 Å². The summed E-state index contributed by atoms with van der Waals surface area (Å²) in [5.41, 5.74) is 3.80. The number of ketones is 1. The molecule has 0 aliphatic carbocycles. The Balaban J connectivity index is 1.62. The van der Waals surface area contributed by atoms with Crippen molar-refractivity contribution in [2.45, 2.75) is 39.3 Å². The normalized spacial score (nSPS) is 21.7. The monoisotopic (exact) mass is 363 g/mol. The first-order chi connectivity index (χ1) is 13.0. The number of benzene rings is 1. The average Bonchev–Trinajstić information content (AvgIpc) is 3.02. The molecule has 0 bridgehead atoms. The summed E-state index contributed by atoms with van der Waals surface area (Å²) in [6, 6.07) is 7.62. The molecule has 27 heavy (non-hydrogen) atoms. The zero-order chi connectivity index (χ0) is 19.0. The van der Waals surface area contributed by atoms with Gasteiger partial charge in [-0.3, -0.25) is 9.59 Å². The molecule has 3 aliphatic rings. The van der Waals surface area contributed by atoms with E-state index in [0.717, 1.165) is 37.2 Å². The molecule has 0 saturated carbocycles. The van der Waals surface area contributed by atoms with Crippen molar-refractivity contribution >= 4 is 11.7 Å². The summed E-state index contributed by atoms with van der Waals surface area (Å²) in [7, 11) is 0. The van der Waals surface area contributed by atoms with Gasteiger partial charge in [0.2, 0.25) is 5.78 Å². The minimum absolute atomic E-state index is 0.0254. The van der Waals surface area contributed by atoms with Crippen molar-refractivity contribution in [2.75, 3.05) is 13.1 Å². The van der Waals surface area contributed by atoms with E-state index >= 15 is 0 Å². The van der Waals surface area contributed by atoms with Crippen LogP contribution in [0.5, 0.6) is 0 Å². The van der Waals surface area contributed by atoms with Crippen LogP contribution in [0.1, 0.15) is 42.1 Å². The second-order valence-corrected chi connectivity index (χ2v) is 7.47. The lowest BCUT2D eigenvalue weighted by Crippen LogP contribution is -2.40. The zero-order valence-corrected chi connectivity index (χ0v) is 15.9. The standard InChI is InChI=1S/C22H25N3O2/c1-15-7-6-8-17(13-15)21(26)20-16(2)23-19-10-9-18(14-25(19)20)22(27)24-11-4-3-5-12-24/h6-10,13-14,19,23H,3-5,11-12H2,1-2H3. The molecule has 5 heteroatoms. The lowest BCUT2D eigenvalue weighted by molar-refractivity contribution is -0.127. The zero-order valence-electron chi connectivity index (χ0n) is 15.9. The highest BCUT2D eigenvalue weighted by Gasteiger charge is 2.34. The van der Waals surface area contributed by atoms with E-state index in [1.165, 1.54) is 6.42 Å². The molecule has 1 unspecified atom stereocenters. The molecule has 3 heterocycles. The fourth-order valence-electron chi connectivity index (χ4n) is 3.98. The molecule has 0 radical (unpaired) electrons. The quantitative estimate of drug-likeness (QED) is 0.839. The molecule has 4 rings (SSSR count). The molecule has 0 aromatic heterocycles. The van der Waals surface area contributed by atoms with Gasteiger partial charge >= 0.3 is 0 Å². The lowest BCUT2D eigenvalue weighted by Gasteiger charge is -2.30. The van der Waals surface area contributed by atoms with Gasteiger partial charge in [-0.2, -0.15) is 0 Å². The molecule has 1 saturated heterocycles. The van der Waals surface area contributed by atoms with Crippen LogP contribution in [0.4, 0.5) is 0 Å². The number of amides is 1. The summed E-state index contributed by atoms with van der Waals surface area (Å²) in [6.45, 7) is 5.52. The summed E-state index contributed by atoms with van der Waals surface area (Å²) in [4.78, 5) is 29.8. The summed E-state index contributed by atoms with van der Waals surface area (Å²) in [5.74, 6) is 0.0267. The van der Waals surface area contributed by atoms with Gasteiger partial charge < -0.3 is 15.1 Å². The highest BCUT2D eigenvalue weighted by molar-refractivity contribution is 6.09. The fourth-order valence-corrected chi connectivity index (χ4v) is 3.98. The molecule has 1 aromatic carbocycles. The van der Waals surface area contributed by atoms with Gasteiger partial charge in [0.05, 0.1) is 5.57 Å². The van der Waals surface area contributed by atoms with E-state index in [0.29, 0.717) is 16.8 Å². The van der Waals surface area contributed by atoms with E-state index in [4.69, 9.17) is 0 Å². The van der Waals surface area contributed by atoms with Crippen molar-refractivity contribution in [3.05, 3.63) is 70.7 Å². The van der Waals surface area contributed by atoms with E-state index in [1.807, 2.05) is 66.3 Å². The number of allylic oxidation sites excluding steroid dienone is 2. The third-order valence-corrected chi connectivity index (χ3v) is 5.40. The number of rotatable bonds is 3. The minimum Gasteiger partial charge on any atom is -0.363 e. The SMILES string of the molecule is CC1=C(C(=O)c2cccc(C)c2)N2C=C(C(=O)N3CCCCC3)C=CC2N1. The van der Waals surface area contributed by atoms with Crippen LogP contribution in [0.3, 0.4) is 0 Å². The molecule has 1 atom stereocenters. The van der Waals surface area contributed by atoms with E-state index in [-0.39, 0.29) is 17.9 Å².